The van der Waals surface area contributed by atoms with Crippen molar-refractivity contribution in [2.45, 2.75) is 44.8 Å². The summed E-state index contributed by atoms with van der Waals surface area (Å²) in [5.74, 6) is 3.09. The van der Waals surface area contributed by atoms with Crippen LogP contribution in [0.25, 0.3) is 5.69 Å². The third-order valence-electron chi connectivity index (χ3n) is 7.39. The lowest BCUT2D eigenvalue weighted by Crippen LogP contribution is -2.44. The van der Waals surface area contributed by atoms with Crippen molar-refractivity contribution in [3.05, 3.63) is 24.7 Å². The van der Waals surface area contributed by atoms with Crippen LogP contribution in [0.1, 0.15) is 26.7 Å². The highest BCUT2D eigenvalue weighted by molar-refractivity contribution is 6.10. The largest absolute Gasteiger partial charge is 0.493 e. The molecule has 2 unspecified atom stereocenters. The third-order valence-corrected chi connectivity index (χ3v) is 7.39. The number of hydrogen-bond acceptors (Lipinski definition) is 10. The fourth-order valence-electron chi connectivity index (χ4n) is 5.36. The van der Waals surface area contributed by atoms with E-state index in [9.17, 15) is 9.90 Å². The maximum Gasteiger partial charge on any atom is 0.248 e. The molecule has 0 saturated carbocycles. The summed E-state index contributed by atoms with van der Waals surface area (Å²) < 4.78 is 18.2. The summed E-state index contributed by atoms with van der Waals surface area (Å²) in [6.45, 7) is 5.31. The van der Waals surface area contributed by atoms with Crippen LogP contribution in [0.5, 0.6) is 17.2 Å². The summed E-state index contributed by atoms with van der Waals surface area (Å²) >= 11 is 0. The van der Waals surface area contributed by atoms with Crippen LogP contribution in [0.15, 0.2) is 34.6 Å². The van der Waals surface area contributed by atoms with Crippen molar-refractivity contribution in [1.29, 1.82) is 0 Å². The van der Waals surface area contributed by atoms with Crippen molar-refractivity contribution in [1.82, 2.24) is 19.4 Å². The molecule has 0 aliphatic carbocycles. The lowest BCUT2D eigenvalue weighted by atomic mass is 10.0. The summed E-state index contributed by atoms with van der Waals surface area (Å²) in [4.78, 5) is 31.3. The quantitative estimate of drug-likeness (QED) is 0.560. The molecule has 3 aliphatic rings. The zero-order valence-corrected chi connectivity index (χ0v) is 22.4. The molecule has 5 rings (SSSR count). The molecule has 2 N–H and O–H groups in total. The monoisotopic (exact) mass is 525 g/mol. The molecule has 1 aromatic heterocycles. The fourth-order valence-corrected chi connectivity index (χ4v) is 5.36. The Balaban J connectivity index is 1.46. The highest BCUT2D eigenvalue weighted by atomic mass is 16.5. The second-order valence-electron chi connectivity index (χ2n) is 9.91. The van der Waals surface area contributed by atoms with Crippen LogP contribution in [0, 0.1) is 5.92 Å². The molecule has 0 spiro atoms. The Bertz CT molecular complexity index is 1230. The number of nitrogens with one attached hydrogen (secondary N) is 1. The average Bonchev–Trinajstić information content (AvgIpc) is 3.67. The van der Waals surface area contributed by atoms with Gasteiger partial charge in [-0.15, -0.1) is 0 Å². The van der Waals surface area contributed by atoms with E-state index >= 15 is 0 Å². The minimum absolute atomic E-state index is 0.000558. The number of anilines is 1. The Morgan fingerprint density at radius 2 is 1.89 bits per heavy atom. The number of likely N-dealkylation sites (tertiary alicyclic amines) is 2. The maximum absolute atomic E-state index is 13.3. The average molecular weight is 526 g/mol. The number of amides is 1. The van der Waals surface area contributed by atoms with Crippen LogP contribution in [0.4, 0.5) is 5.82 Å². The predicted octanol–water partition coefficient (Wildman–Crippen LogP) is 1.77. The van der Waals surface area contributed by atoms with Crippen LogP contribution < -0.4 is 19.5 Å². The summed E-state index contributed by atoms with van der Waals surface area (Å²) in [6, 6.07) is 3.13. The molecule has 2 fully saturated rings. The molecule has 38 heavy (non-hydrogen) atoms. The second kappa shape index (κ2) is 10.5. The van der Waals surface area contributed by atoms with E-state index in [1.165, 1.54) is 0 Å². The third kappa shape index (κ3) is 4.53. The topological polar surface area (TPSA) is 126 Å². The van der Waals surface area contributed by atoms with Crippen molar-refractivity contribution in [2.24, 2.45) is 15.9 Å². The van der Waals surface area contributed by atoms with Gasteiger partial charge >= 0.3 is 0 Å². The molecule has 1 aromatic carbocycles. The zero-order valence-electron chi connectivity index (χ0n) is 22.4. The van der Waals surface area contributed by atoms with Crippen molar-refractivity contribution in [3.8, 4) is 22.9 Å². The SMILES string of the molecule is COc1cc(-n2cnc(NC3=NC(N4CCC[C@H]4CO)=NC4C(=O)N(C(C)C)CC34)c2)cc(OC)c1OC. The number of carbonyl (C=O) groups is 1. The van der Waals surface area contributed by atoms with Gasteiger partial charge in [-0.25, -0.2) is 9.98 Å². The van der Waals surface area contributed by atoms with Crippen molar-refractivity contribution >= 4 is 23.5 Å². The molecule has 12 nitrogen and oxygen atoms in total. The molecular weight excluding hydrogens is 490 g/mol. The molecule has 3 aliphatic heterocycles. The molecule has 0 radical (unpaired) electrons. The van der Waals surface area contributed by atoms with Gasteiger partial charge in [-0.2, -0.15) is 4.99 Å². The standard InChI is InChI=1S/C26H35N7O5/c1-15(2)33-11-18-22(25(33)35)29-26(32-8-6-7-16(32)13-34)30-24(18)28-21-12-31(14-27-21)17-9-19(36-3)23(38-5)20(10-17)37-4/h9-10,12,14-16,18,22,34H,6-8,11,13H2,1-5H3,(H,28,29,30)/t16-,18?,22?/m0/s1. The van der Waals surface area contributed by atoms with Crippen LogP contribution in [-0.2, 0) is 4.79 Å². The summed E-state index contributed by atoms with van der Waals surface area (Å²) in [5.41, 5.74) is 0.774. The Labute approximate surface area is 221 Å². The van der Waals surface area contributed by atoms with Gasteiger partial charge in [-0.3, -0.25) is 4.79 Å². The Morgan fingerprint density at radius 3 is 2.53 bits per heavy atom. The summed E-state index contributed by atoms with van der Waals surface area (Å²) in [6.07, 6.45) is 5.34. The van der Waals surface area contributed by atoms with E-state index in [1.807, 2.05) is 46.5 Å². The Kier molecular flexibility index (Phi) is 7.15. The van der Waals surface area contributed by atoms with Gasteiger partial charge in [0.2, 0.25) is 17.6 Å². The number of hydrogen-bond donors (Lipinski definition) is 2. The molecule has 4 heterocycles. The second-order valence-corrected chi connectivity index (χ2v) is 9.91. The number of benzene rings is 1. The number of fused-ring (bicyclic) bond motifs is 1. The molecule has 12 heteroatoms. The molecule has 3 atom stereocenters. The summed E-state index contributed by atoms with van der Waals surface area (Å²) in [7, 11) is 4.71. The number of nitrogens with zero attached hydrogens (tertiary/aromatic N) is 6. The van der Waals surface area contributed by atoms with Crippen molar-refractivity contribution < 1.29 is 24.1 Å². The number of carbonyl (C=O) groups excluding carboxylic acids is 1. The molecule has 1 amide bonds. The number of aliphatic hydroxyl groups excluding tert-OH is 1. The smallest absolute Gasteiger partial charge is 0.248 e. The minimum Gasteiger partial charge on any atom is -0.493 e. The van der Waals surface area contributed by atoms with Gasteiger partial charge in [0, 0.05) is 31.3 Å². The van der Waals surface area contributed by atoms with E-state index in [1.54, 1.807) is 27.7 Å². The van der Waals surface area contributed by atoms with Crippen LogP contribution in [0.2, 0.25) is 0 Å². The number of ether oxygens (including phenoxy) is 3. The number of rotatable bonds is 7. The Morgan fingerprint density at radius 1 is 1.16 bits per heavy atom. The first-order valence-corrected chi connectivity index (χ1v) is 12.8. The van der Waals surface area contributed by atoms with Gasteiger partial charge in [-0.05, 0) is 26.7 Å². The first-order valence-electron chi connectivity index (χ1n) is 12.8. The van der Waals surface area contributed by atoms with Crippen LogP contribution in [0.3, 0.4) is 0 Å². The lowest BCUT2D eigenvalue weighted by molar-refractivity contribution is -0.130. The first-order chi connectivity index (χ1) is 18.4. The van der Waals surface area contributed by atoms with Gasteiger partial charge in [0.25, 0.3) is 0 Å². The van der Waals surface area contributed by atoms with Crippen LogP contribution in [-0.4, -0.2) is 101 Å². The molecular formula is C26H35N7O5. The van der Waals surface area contributed by atoms with E-state index in [0.29, 0.717) is 41.4 Å². The first kappa shape index (κ1) is 25.8. The number of methoxy groups -OCH3 is 3. The zero-order chi connectivity index (χ0) is 27.0. The number of aliphatic hydroxyl groups is 1. The molecule has 2 aromatic rings. The number of guanidine groups is 1. The van der Waals surface area contributed by atoms with E-state index in [0.717, 1.165) is 25.1 Å². The molecule has 204 valence electrons. The van der Waals surface area contributed by atoms with Gasteiger partial charge in [-0.1, -0.05) is 0 Å². The van der Waals surface area contributed by atoms with Gasteiger partial charge in [0.1, 0.15) is 24.0 Å². The molecule has 0 bridgehead atoms. The number of imidazole rings is 1. The highest BCUT2D eigenvalue weighted by Crippen LogP contribution is 2.39. The lowest BCUT2D eigenvalue weighted by Gasteiger charge is -2.29. The van der Waals surface area contributed by atoms with E-state index in [4.69, 9.17) is 24.2 Å². The highest BCUT2D eigenvalue weighted by Gasteiger charge is 2.47. The van der Waals surface area contributed by atoms with E-state index in [2.05, 4.69) is 10.3 Å². The van der Waals surface area contributed by atoms with Gasteiger partial charge in [0.15, 0.2) is 11.5 Å². The Hall–Kier alpha value is -3.80. The van der Waals surface area contributed by atoms with Crippen LogP contribution >= 0.6 is 0 Å². The number of amidine groups is 1. The molecule has 2 saturated heterocycles. The maximum atomic E-state index is 13.3. The van der Waals surface area contributed by atoms with Crippen molar-refractivity contribution in [2.75, 3.05) is 46.3 Å². The predicted molar refractivity (Wildman–Crippen MR) is 143 cm³/mol. The van der Waals surface area contributed by atoms with Gasteiger partial charge in [0.05, 0.1) is 51.8 Å². The van der Waals surface area contributed by atoms with E-state index in [-0.39, 0.29) is 30.5 Å². The minimum atomic E-state index is -0.551. The number of aromatic nitrogens is 2. The van der Waals surface area contributed by atoms with Crippen molar-refractivity contribution in [3.63, 3.8) is 0 Å². The van der Waals surface area contributed by atoms with E-state index < -0.39 is 6.04 Å². The fraction of sp³-hybridized carbons (Fsp3) is 0.538. The summed E-state index contributed by atoms with van der Waals surface area (Å²) in [5, 5.41) is 13.2. The number of aliphatic imine (C=N–C) groups is 2. The van der Waals surface area contributed by atoms with Gasteiger partial charge < -0.3 is 39.0 Å². The normalized spacial score (nSPS) is 22.9.